The van der Waals surface area contributed by atoms with Crippen LogP contribution >= 0.6 is 0 Å². The van der Waals surface area contributed by atoms with Crippen LogP contribution in [-0.2, 0) is 0 Å². The maximum absolute atomic E-state index is 12.4. The summed E-state index contributed by atoms with van der Waals surface area (Å²) in [6.45, 7) is 1.34. The first kappa shape index (κ1) is 15.3. The van der Waals surface area contributed by atoms with Gasteiger partial charge in [-0.1, -0.05) is 0 Å². The molecule has 12 nitrogen and oxygen atoms in total. The second-order valence-electron chi connectivity index (χ2n) is 5.71. The van der Waals surface area contributed by atoms with Crippen LogP contribution in [0.1, 0.15) is 10.5 Å². The van der Waals surface area contributed by atoms with Gasteiger partial charge in [-0.25, -0.2) is 4.98 Å². The number of nitrogens with two attached hydrogens (primary N) is 1. The number of nitrogens with zero attached hydrogens (tertiary/aromatic N) is 7. The molecule has 4 rings (SSSR count). The Bertz CT molecular complexity index is 891. The van der Waals surface area contributed by atoms with Crippen LogP contribution in [0.25, 0.3) is 11.2 Å². The number of anilines is 2. The first-order valence-corrected chi connectivity index (χ1v) is 7.66. The molecule has 0 aliphatic carbocycles. The van der Waals surface area contributed by atoms with Crippen LogP contribution < -0.4 is 10.6 Å². The van der Waals surface area contributed by atoms with Gasteiger partial charge in [0.05, 0.1) is 18.6 Å². The highest BCUT2D eigenvalue weighted by Crippen LogP contribution is 2.23. The van der Waals surface area contributed by atoms with E-state index in [0.717, 1.165) is 0 Å². The fraction of sp³-hybridized carbons (Fsp3) is 0.385. The van der Waals surface area contributed by atoms with E-state index < -0.39 is 6.10 Å². The Labute approximate surface area is 141 Å². The Hall–Kier alpha value is -3.28. The number of aliphatic hydroxyl groups excluding tert-OH is 1. The highest BCUT2D eigenvalue weighted by molar-refractivity contribution is 5.92. The normalized spacial score (nSPS) is 18.5. The average molecular weight is 344 g/mol. The minimum Gasteiger partial charge on any atom is -0.389 e. The fourth-order valence-corrected chi connectivity index (χ4v) is 2.90. The smallest absolute Gasteiger partial charge is 0.276 e. The summed E-state index contributed by atoms with van der Waals surface area (Å²) in [4.78, 5) is 31.3. The number of β-amino-alcohol motifs (C(OH)–C–C–N with tert-alkyl or cyclic N) is 1. The molecular formula is C13H16N10O2. The van der Waals surface area contributed by atoms with E-state index in [0.29, 0.717) is 36.6 Å². The molecule has 0 unspecified atom stereocenters. The molecule has 1 aliphatic heterocycles. The third-order valence-corrected chi connectivity index (χ3v) is 4.01. The Morgan fingerprint density at radius 2 is 2.20 bits per heavy atom. The maximum atomic E-state index is 12.4. The van der Waals surface area contributed by atoms with Gasteiger partial charge in [-0.05, 0) is 0 Å². The van der Waals surface area contributed by atoms with Gasteiger partial charge >= 0.3 is 0 Å². The van der Waals surface area contributed by atoms with Gasteiger partial charge in [0.1, 0.15) is 5.52 Å². The van der Waals surface area contributed by atoms with Gasteiger partial charge in [-0.2, -0.15) is 25.4 Å². The molecule has 0 bridgehead atoms. The zero-order valence-corrected chi connectivity index (χ0v) is 13.1. The summed E-state index contributed by atoms with van der Waals surface area (Å²) in [5.41, 5.74) is 7.06. The Balaban J connectivity index is 1.60. The highest BCUT2D eigenvalue weighted by atomic mass is 16.3. The van der Waals surface area contributed by atoms with Gasteiger partial charge in [0.15, 0.2) is 17.2 Å². The van der Waals surface area contributed by atoms with E-state index in [2.05, 4.69) is 35.3 Å². The van der Waals surface area contributed by atoms with E-state index in [1.807, 2.05) is 4.90 Å². The van der Waals surface area contributed by atoms with Gasteiger partial charge in [-0.15, -0.1) is 0 Å². The molecule has 1 aliphatic rings. The summed E-state index contributed by atoms with van der Waals surface area (Å²) in [5, 5.41) is 20.2. The minimum atomic E-state index is -0.757. The van der Waals surface area contributed by atoms with E-state index in [9.17, 15) is 9.90 Å². The van der Waals surface area contributed by atoms with Crippen LogP contribution in [0.15, 0.2) is 12.5 Å². The van der Waals surface area contributed by atoms with Crippen molar-refractivity contribution in [3.63, 3.8) is 0 Å². The van der Waals surface area contributed by atoms with Crippen molar-refractivity contribution in [1.82, 2.24) is 40.2 Å². The molecule has 1 amide bonds. The molecule has 3 aromatic heterocycles. The number of imidazole rings is 1. The van der Waals surface area contributed by atoms with Crippen LogP contribution in [-0.4, -0.2) is 83.5 Å². The van der Waals surface area contributed by atoms with Crippen molar-refractivity contribution in [3.8, 4) is 0 Å². The third-order valence-electron chi connectivity index (χ3n) is 4.01. The number of H-pyrrole nitrogens is 2. The summed E-state index contributed by atoms with van der Waals surface area (Å²) >= 11 is 0. The zero-order chi connectivity index (χ0) is 17.4. The van der Waals surface area contributed by atoms with Gasteiger partial charge in [-0.3, -0.25) is 4.79 Å². The molecule has 130 valence electrons. The Morgan fingerprint density at radius 1 is 1.32 bits per heavy atom. The fourth-order valence-electron chi connectivity index (χ4n) is 2.90. The predicted molar refractivity (Wildman–Crippen MR) is 86.6 cm³/mol. The number of hydrogen-bond acceptors (Lipinski definition) is 9. The standard InChI is InChI=1S/C13H16N10O2/c14-13-18-10-9(15-6-16-10)11(19-13)22-1-2-23(5-7(24)4-22)12(25)8-3-17-21-20-8/h3,6-7,24H,1-2,4-5H2,(H,17,20,21)(H3,14,15,16,18,19)/t7-/m0/s1. The summed E-state index contributed by atoms with van der Waals surface area (Å²) < 4.78 is 0. The molecule has 25 heavy (non-hydrogen) atoms. The van der Waals surface area contributed by atoms with Crippen molar-refractivity contribution < 1.29 is 9.90 Å². The molecule has 12 heteroatoms. The van der Waals surface area contributed by atoms with Crippen LogP contribution in [0.3, 0.4) is 0 Å². The molecule has 0 aromatic carbocycles. The molecule has 5 N–H and O–H groups in total. The Morgan fingerprint density at radius 3 is 3.00 bits per heavy atom. The molecule has 0 saturated carbocycles. The molecule has 1 fully saturated rings. The van der Waals surface area contributed by atoms with Crippen LogP contribution in [0.5, 0.6) is 0 Å². The first-order chi connectivity index (χ1) is 12.1. The SMILES string of the molecule is Nc1nc(N2CCN(C(=O)c3cn[nH]n3)C[C@@H](O)C2)c2[nH]cnc2n1. The summed E-state index contributed by atoms with van der Waals surface area (Å²) in [6.07, 6.45) is 2.11. The minimum absolute atomic E-state index is 0.101. The number of aliphatic hydroxyl groups is 1. The summed E-state index contributed by atoms with van der Waals surface area (Å²) in [7, 11) is 0. The summed E-state index contributed by atoms with van der Waals surface area (Å²) in [5.74, 6) is 0.363. The number of amides is 1. The average Bonchev–Trinajstić information content (AvgIpc) is 3.23. The second-order valence-corrected chi connectivity index (χ2v) is 5.71. The lowest BCUT2D eigenvalue weighted by Gasteiger charge is -2.23. The molecule has 0 spiro atoms. The Kier molecular flexibility index (Phi) is 3.65. The lowest BCUT2D eigenvalue weighted by Crippen LogP contribution is -2.37. The van der Waals surface area contributed by atoms with Crippen LogP contribution in [0.2, 0.25) is 0 Å². The molecular weight excluding hydrogens is 328 g/mol. The molecule has 1 saturated heterocycles. The van der Waals surface area contributed by atoms with Gasteiger partial charge in [0, 0.05) is 26.2 Å². The number of hydrogen-bond donors (Lipinski definition) is 4. The number of nitrogen functional groups attached to an aromatic ring is 1. The lowest BCUT2D eigenvalue weighted by molar-refractivity contribution is 0.0668. The van der Waals surface area contributed by atoms with Crippen LogP contribution in [0.4, 0.5) is 11.8 Å². The first-order valence-electron chi connectivity index (χ1n) is 7.66. The monoisotopic (exact) mass is 344 g/mol. The van der Waals surface area contributed by atoms with E-state index >= 15 is 0 Å². The quantitative estimate of drug-likeness (QED) is 0.427. The van der Waals surface area contributed by atoms with Crippen molar-refractivity contribution in [2.45, 2.75) is 6.10 Å². The molecule has 1 atom stereocenters. The zero-order valence-electron chi connectivity index (χ0n) is 13.1. The number of rotatable bonds is 2. The van der Waals surface area contributed by atoms with Crippen molar-refractivity contribution in [3.05, 3.63) is 18.2 Å². The number of fused-ring (bicyclic) bond motifs is 1. The van der Waals surface area contributed by atoms with E-state index in [1.54, 1.807) is 0 Å². The molecule has 3 aromatic rings. The van der Waals surface area contributed by atoms with Gasteiger partial charge in [0.2, 0.25) is 5.95 Å². The largest absolute Gasteiger partial charge is 0.389 e. The third kappa shape index (κ3) is 2.82. The van der Waals surface area contributed by atoms with Crippen LogP contribution in [0, 0.1) is 0 Å². The van der Waals surface area contributed by atoms with E-state index in [1.165, 1.54) is 17.4 Å². The lowest BCUT2D eigenvalue weighted by atomic mass is 10.3. The number of aromatic amines is 2. The number of carbonyl (C=O) groups excluding carboxylic acids is 1. The number of nitrogens with one attached hydrogen (secondary N) is 2. The molecule has 0 radical (unpaired) electrons. The molecule has 4 heterocycles. The summed E-state index contributed by atoms with van der Waals surface area (Å²) in [6, 6.07) is 0. The van der Waals surface area contributed by atoms with E-state index in [4.69, 9.17) is 5.73 Å². The number of carbonyl (C=O) groups is 1. The van der Waals surface area contributed by atoms with Crippen molar-refractivity contribution in [2.75, 3.05) is 36.8 Å². The second kappa shape index (κ2) is 5.98. The van der Waals surface area contributed by atoms with E-state index in [-0.39, 0.29) is 24.1 Å². The van der Waals surface area contributed by atoms with Gasteiger partial charge < -0.3 is 25.6 Å². The number of aromatic nitrogens is 7. The van der Waals surface area contributed by atoms with Crippen molar-refractivity contribution in [1.29, 1.82) is 0 Å². The maximum Gasteiger partial charge on any atom is 0.276 e. The van der Waals surface area contributed by atoms with Crippen molar-refractivity contribution >= 4 is 28.8 Å². The van der Waals surface area contributed by atoms with Gasteiger partial charge in [0.25, 0.3) is 5.91 Å². The topological polar surface area (TPSA) is 166 Å². The highest BCUT2D eigenvalue weighted by Gasteiger charge is 2.28. The predicted octanol–water partition coefficient (Wildman–Crippen LogP) is -1.62. The van der Waals surface area contributed by atoms with Crippen molar-refractivity contribution in [2.24, 2.45) is 0 Å².